The van der Waals surface area contributed by atoms with Crippen LogP contribution in [0.4, 0.5) is 5.82 Å². The van der Waals surface area contributed by atoms with E-state index in [4.69, 9.17) is 4.74 Å². The fourth-order valence-corrected chi connectivity index (χ4v) is 3.58. The van der Waals surface area contributed by atoms with Crippen molar-refractivity contribution in [1.29, 1.82) is 0 Å². The lowest BCUT2D eigenvalue weighted by atomic mass is 10.2. The summed E-state index contributed by atoms with van der Waals surface area (Å²) >= 11 is 0. The normalized spacial score (nSPS) is 13.8. The molecule has 0 bridgehead atoms. The third-order valence-corrected chi connectivity index (χ3v) is 5.22. The van der Waals surface area contributed by atoms with E-state index in [0.717, 1.165) is 5.82 Å². The van der Waals surface area contributed by atoms with E-state index >= 15 is 0 Å². The molecule has 0 N–H and O–H groups in total. The van der Waals surface area contributed by atoms with Crippen molar-refractivity contribution in [2.45, 2.75) is 13.3 Å². The lowest BCUT2D eigenvalue weighted by Crippen LogP contribution is -2.50. The molecule has 3 aromatic rings. The number of rotatable bonds is 6. The molecule has 0 aliphatic carbocycles. The van der Waals surface area contributed by atoms with E-state index < -0.39 is 5.97 Å². The Morgan fingerprint density at radius 1 is 0.968 bits per heavy atom. The first-order valence-electron chi connectivity index (χ1n) is 10.3. The maximum atomic E-state index is 12.6. The summed E-state index contributed by atoms with van der Waals surface area (Å²) in [5.41, 5.74) is 1.04. The van der Waals surface area contributed by atoms with Crippen LogP contribution in [0.5, 0.6) is 0 Å². The second-order valence-electron chi connectivity index (χ2n) is 7.09. The molecule has 1 fully saturated rings. The molecule has 160 valence electrons. The van der Waals surface area contributed by atoms with Gasteiger partial charge >= 0.3 is 5.97 Å². The Morgan fingerprint density at radius 3 is 2.26 bits per heavy atom. The van der Waals surface area contributed by atoms with Crippen LogP contribution in [0.1, 0.15) is 23.0 Å². The minimum absolute atomic E-state index is 0.204. The molecule has 0 aromatic carbocycles. The van der Waals surface area contributed by atoms with Gasteiger partial charge in [0, 0.05) is 38.6 Å². The molecule has 9 nitrogen and oxygen atoms in total. The van der Waals surface area contributed by atoms with Crippen molar-refractivity contribution in [3.8, 4) is 5.82 Å². The number of amides is 1. The first-order valence-corrected chi connectivity index (χ1v) is 10.3. The van der Waals surface area contributed by atoms with Crippen molar-refractivity contribution in [2.75, 3.05) is 37.7 Å². The van der Waals surface area contributed by atoms with E-state index in [-0.39, 0.29) is 12.5 Å². The largest absolute Gasteiger partial charge is 0.452 e. The van der Waals surface area contributed by atoms with Crippen LogP contribution in [0.25, 0.3) is 5.82 Å². The second-order valence-corrected chi connectivity index (χ2v) is 7.09. The van der Waals surface area contributed by atoms with Gasteiger partial charge in [-0.2, -0.15) is 5.10 Å². The van der Waals surface area contributed by atoms with Crippen molar-refractivity contribution in [2.24, 2.45) is 0 Å². The molecule has 0 radical (unpaired) electrons. The molecule has 9 heteroatoms. The van der Waals surface area contributed by atoms with Gasteiger partial charge in [0.25, 0.3) is 5.91 Å². The van der Waals surface area contributed by atoms with E-state index in [2.05, 4.69) is 20.0 Å². The van der Waals surface area contributed by atoms with Crippen molar-refractivity contribution >= 4 is 17.7 Å². The van der Waals surface area contributed by atoms with Crippen LogP contribution in [-0.2, 0) is 16.0 Å². The van der Waals surface area contributed by atoms with Crippen LogP contribution in [-0.4, -0.2) is 69.3 Å². The molecule has 3 aromatic heterocycles. The molecule has 0 atom stereocenters. The van der Waals surface area contributed by atoms with Gasteiger partial charge in [-0.1, -0.05) is 19.1 Å². The number of carbonyl (C=O) groups excluding carboxylic acids is 2. The highest BCUT2D eigenvalue weighted by Crippen LogP contribution is 2.16. The molecule has 0 spiro atoms. The number of pyridine rings is 2. The Morgan fingerprint density at radius 2 is 1.65 bits per heavy atom. The minimum Gasteiger partial charge on any atom is -0.452 e. The first kappa shape index (κ1) is 20.5. The molecular formula is C22H24N6O3. The fraction of sp³-hybridized carbons (Fsp3) is 0.318. The quantitative estimate of drug-likeness (QED) is 0.561. The molecule has 1 amide bonds. The molecule has 4 heterocycles. The standard InChI is InChI=1S/C22H24N6O3/c1-2-18-17(15-25-28(18)20-8-4-6-10-24-20)22(30)31-16-21(29)27-13-11-26(12-14-27)19-7-3-5-9-23-19/h3-10,15H,2,11-14,16H2,1H3. The predicted molar refractivity (Wildman–Crippen MR) is 114 cm³/mol. The van der Waals surface area contributed by atoms with E-state index in [9.17, 15) is 9.59 Å². The maximum Gasteiger partial charge on any atom is 0.342 e. The van der Waals surface area contributed by atoms with Crippen LogP contribution in [0.2, 0.25) is 0 Å². The smallest absolute Gasteiger partial charge is 0.342 e. The van der Waals surface area contributed by atoms with Crippen molar-refractivity contribution in [1.82, 2.24) is 24.6 Å². The number of ether oxygens (including phenoxy) is 1. The highest BCUT2D eigenvalue weighted by Gasteiger charge is 2.24. The second kappa shape index (κ2) is 9.38. The average molecular weight is 420 g/mol. The lowest BCUT2D eigenvalue weighted by Gasteiger charge is -2.35. The number of anilines is 1. The Bertz CT molecular complexity index is 1030. The summed E-state index contributed by atoms with van der Waals surface area (Å²) in [6.45, 7) is 4.14. The molecule has 0 unspecified atom stereocenters. The summed E-state index contributed by atoms with van der Waals surface area (Å²) in [5, 5.41) is 4.28. The van der Waals surface area contributed by atoms with Crippen LogP contribution < -0.4 is 4.90 Å². The molecule has 1 aliphatic heterocycles. The van der Waals surface area contributed by atoms with Gasteiger partial charge in [-0.05, 0) is 30.7 Å². The zero-order valence-corrected chi connectivity index (χ0v) is 17.3. The summed E-state index contributed by atoms with van der Waals surface area (Å²) in [6.07, 6.45) is 5.46. The Hall–Kier alpha value is -3.75. The van der Waals surface area contributed by atoms with Gasteiger partial charge in [0.2, 0.25) is 0 Å². The Balaban J connectivity index is 1.33. The van der Waals surface area contributed by atoms with Crippen LogP contribution in [0.15, 0.2) is 55.0 Å². The number of esters is 1. The highest BCUT2D eigenvalue weighted by atomic mass is 16.5. The number of aromatic nitrogens is 4. The first-order chi connectivity index (χ1) is 15.2. The predicted octanol–water partition coefficient (Wildman–Crippen LogP) is 1.73. The monoisotopic (exact) mass is 420 g/mol. The Labute approximate surface area is 180 Å². The minimum atomic E-state index is -0.556. The molecular weight excluding hydrogens is 396 g/mol. The van der Waals surface area contributed by atoms with Crippen molar-refractivity contribution < 1.29 is 14.3 Å². The van der Waals surface area contributed by atoms with Gasteiger partial charge in [0.15, 0.2) is 12.4 Å². The number of hydrogen-bond acceptors (Lipinski definition) is 7. The maximum absolute atomic E-state index is 12.6. The number of nitrogens with zero attached hydrogens (tertiary/aromatic N) is 6. The van der Waals surface area contributed by atoms with Gasteiger partial charge in [-0.3, -0.25) is 4.79 Å². The third kappa shape index (κ3) is 4.55. The van der Waals surface area contributed by atoms with Crippen LogP contribution >= 0.6 is 0 Å². The topological polar surface area (TPSA) is 93.5 Å². The van der Waals surface area contributed by atoms with E-state index in [1.807, 2.05) is 43.3 Å². The summed E-state index contributed by atoms with van der Waals surface area (Å²) in [6, 6.07) is 11.3. The number of hydrogen-bond donors (Lipinski definition) is 0. The van der Waals surface area contributed by atoms with E-state index in [0.29, 0.717) is 49.7 Å². The van der Waals surface area contributed by atoms with Gasteiger partial charge in [0.05, 0.1) is 11.9 Å². The highest BCUT2D eigenvalue weighted by molar-refractivity contribution is 5.92. The molecule has 1 saturated heterocycles. The van der Waals surface area contributed by atoms with Gasteiger partial charge in [0.1, 0.15) is 11.4 Å². The van der Waals surface area contributed by atoms with Gasteiger partial charge in [-0.15, -0.1) is 0 Å². The molecule has 1 aliphatic rings. The van der Waals surface area contributed by atoms with E-state index in [1.165, 1.54) is 6.20 Å². The third-order valence-electron chi connectivity index (χ3n) is 5.22. The Kier molecular flexibility index (Phi) is 6.21. The summed E-state index contributed by atoms with van der Waals surface area (Å²) < 4.78 is 6.94. The zero-order chi connectivity index (χ0) is 21.6. The summed E-state index contributed by atoms with van der Waals surface area (Å²) in [4.78, 5) is 37.6. The average Bonchev–Trinajstić information content (AvgIpc) is 3.28. The number of carbonyl (C=O) groups is 2. The van der Waals surface area contributed by atoms with E-state index in [1.54, 1.807) is 22.0 Å². The fourth-order valence-electron chi connectivity index (χ4n) is 3.58. The summed E-state index contributed by atoms with van der Waals surface area (Å²) in [7, 11) is 0. The molecule has 31 heavy (non-hydrogen) atoms. The SMILES string of the molecule is CCc1c(C(=O)OCC(=O)N2CCN(c3ccccn3)CC2)cnn1-c1ccccn1. The van der Waals surface area contributed by atoms with Crippen LogP contribution in [0.3, 0.4) is 0 Å². The van der Waals surface area contributed by atoms with Crippen LogP contribution in [0, 0.1) is 0 Å². The van der Waals surface area contributed by atoms with Gasteiger partial charge in [-0.25, -0.2) is 19.4 Å². The zero-order valence-electron chi connectivity index (χ0n) is 17.3. The lowest BCUT2D eigenvalue weighted by molar-refractivity contribution is -0.134. The van der Waals surface area contributed by atoms with Gasteiger partial charge < -0.3 is 14.5 Å². The summed E-state index contributed by atoms with van der Waals surface area (Å²) in [5.74, 6) is 0.766. The molecule has 4 rings (SSSR count). The number of piperazine rings is 1. The van der Waals surface area contributed by atoms with Crippen molar-refractivity contribution in [3.05, 3.63) is 66.2 Å². The van der Waals surface area contributed by atoms with Crippen molar-refractivity contribution in [3.63, 3.8) is 0 Å². The molecule has 0 saturated carbocycles.